The number of pyridine rings is 1. The van der Waals surface area contributed by atoms with Crippen LogP contribution in [0.2, 0.25) is 0 Å². The van der Waals surface area contributed by atoms with Crippen molar-refractivity contribution in [2.75, 3.05) is 6.54 Å². The van der Waals surface area contributed by atoms with Gasteiger partial charge in [0, 0.05) is 28.8 Å². The van der Waals surface area contributed by atoms with Crippen molar-refractivity contribution in [3.05, 3.63) is 47.2 Å². The second kappa shape index (κ2) is 14.2. The van der Waals surface area contributed by atoms with Crippen LogP contribution in [0.1, 0.15) is 102 Å². The number of hydrogen-bond acceptors (Lipinski definition) is 8. The molecule has 0 radical (unpaired) electrons. The van der Waals surface area contributed by atoms with Crippen molar-refractivity contribution < 1.29 is 45.5 Å². The molecule has 5 amide bonds. The van der Waals surface area contributed by atoms with Gasteiger partial charge in [-0.25, -0.2) is 18.2 Å². The van der Waals surface area contributed by atoms with Crippen molar-refractivity contribution in [2.24, 2.45) is 5.92 Å². The van der Waals surface area contributed by atoms with Crippen LogP contribution in [0.15, 0.2) is 30.4 Å². The summed E-state index contributed by atoms with van der Waals surface area (Å²) >= 11 is 0. The molecule has 1 spiro atoms. The van der Waals surface area contributed by atoms with Gasteiger partial charge in [-0.15, -0.1) is 0 Å². The van der Waals surface area contributed by atoms with Crippen LogP contribution in [0.5, 0.6) is 5.75 Å². The van der Waals surface area contributed by atoms with Crippen LogP contribution >= 0.6 is 0 Å². The molecule has 1 saturated heterocycles. The number of aryl methyl sites for hydroxylation is 2. The minimum atomic E-state index is -4.63. The smallest absolute Gasteiger partial charge is 0.418 e. The summed E-state index contributed by atoms with van der Waals surface area (Å²) in [5, 5.41) is 8.14. The lowest BCUT2D eigenvalue weighted by Crippen LogP contribution is -2.59. The zero-order valence-corrected chi connectivity index (χ0v) is 32.8. The summed E-state index contributed by atoms with van der Waals surface area (Å²) in [6.07, 6.45) is 3.64. The minimum Gasteiger partial charge on any atom is -0.483 e. The Kier molecular flexibility index (Phi) is 10.1. The maximum atomic E-state index is 14.7. The molecule has 2 aliphatic carbocycles. The number of carbonyl (C=O) groups excluding carboxylic acids is 4. The summed E-state index contributed by atoms with van der Waals surface area (Å²) in [6.45, 7) is 6.87. The van der Waals surface area contributed by atoms with E-state index in [4.69, 9.17) is 4.74 Å². The summed E-state index contributed by atoms with van der Waals surface area (Å²) < 4.78 is 76.6. The molecule has 304 valence electrons. The van der Waals surface area contributed by atoms with Crippen LogP contribution in [0.4, 0.5) is 18.0 Å². The number of alkyl halides is 3. The number of ether oxygens (including phenoxy) is 1. The lowest BCUT2D eigenvalue weighted by Gasteiger charge is -2.37. The third-order valence-electron chi connectivity index (χ3n) is 11.5. The second-order valence-corrected chi connectivity index (χ2v) is 19.1. The van der Waals surface area contributed by atoms with Crippen LogP contribution in [-0.2, 0) is 37.0 Å². The van der Waals surface area contributed by atoms with E-state index >= 15 is 0 Å². The molecule has 13 nitrogen and oxygen atoms in total. The molecule has 4 heterocycles. The number of sulfonamides is 1. The Morgan fingerprint density at radius 2 is 1.80 bits per heavy atom. The Balaban J connectivity index is 1.24. The monoisotopic (exact) mass is 802 g/mol. The van der Waals surface area contributed by atoms with E-state index in [0.717, 1.165) is 18.9 Å². The number of halogens is 3. The average Bonchev–Trinajstić information content (AvgIpc) is 4.03. The van der Waals surface area contributed by atoms with Crippen LogP contribution < -0.4 is 25.4 Å². The summed E-state index contributed by atoms with van der Waals surface area (Å²) in [5.74, 6) is -2.25. The number of nitrogens with zero attached hydrogens (tertiary/aromatic N) is 2. The normalized spacial score (nSPS) is 29.1. The van der Waals surface area contributed by atoms with Crippen molar-refractivity contribution >= 4 is 44.7 Å². The van der Waals surface area contributed by atoms with Crippen LogP contribution in [0.3, 0.4) is 0 Å². The molecular weight excluding hydrogens is 754 g/mol. The van der Waals surface area contributed by atoms with E-state index in [9.17, 15) is 40.8 Å². The number of aromatic nitrogens is 1. The second-order valence-electron chi connectivity index (χ2n) is 17.1. The molecule has 5 atom stereocenters. The number of urea groups is 1. The lowest BCUT2D eigenvalue weighted by molar-refractivity contribution is -0.141. The van der Waals surface area contributed by atoms with Crippen molar-refractivity contribution in [3.63, 3.8) is 0 Å². The third-order valence-corrected chi connectivity index (χ3v) is 13.3. The van der Waals surface area contributed by atoms with Crippen molar-refractivity contribution in [2.45, 2.75) is 139 Å². The largest absolute Gasteiger partial charge is 0.483 e. The number of amides is 5. The number of benzene rings is 1. The molecule has 17 heteroatoms. The molecule has 1 aromatic heterocycles. The van der Waals surface area contributed by atoms with Gasteiger partial charge >= 0.3 is 12.2 Å². The highest BCUT2D eigenvalue weighted by molar-refractivity contribution is 7.91. The van der Waals surface area contributed by atoms with Gasteiger partial charge in [0.05, 0.1) is 28.6 Å². The molecule has 3 aliphatic heterocycles. The van der Waals surface area contributed by atoms with Crippen LogP contribution in [0, 0.1) is 12.8 Å². The fraction of sp³-hybridized carbons (Fsp3) is 0.615. The number of carbonyl (C=O) groups is 4. The Morgan fingerprint density at radius 1 is 1.05 bits per heavy atom. The molecule has 5 aliphatic rings. The van der Waals surface area contributed by atoms with Crippen LogP contribution in [0.25, 0.3) is 10.9 Å². The lowest BCUT2D eigenvalue weighted by atomic mass is 9.86. The zero-order chi connectivity index (χ0) is 40.4. The van der Waals surface area contributed by atoms with E-state index < -0.39 is 85.4 Å². The third kappa shape index (κ3) is 7.92. The van der Waals surface area contributed by atoms with Gasteiger partial charge in [-0.2, -0.15) is 13.2 Å². The van der Waals surface area contributed by atoms with Gasteiger partial charge in [0.25, 0.3) is 5.91 Å². The highest BCUT2D eigenvalue weighted by Crippen LogP contribution is 2.48. The number of nitrogens with one attached hydrogen (secondary N) is 4. The molecule has 0 unspecified atom stereocenters. The minimum absolute atomic E-state index is 0.0381. The van der Waals surface area contributed by atoms with Gasteiger partial charge < -0.3 is 25.6 Å². The molecule has 1 aromatic carbocycles. The fourth-order valence-corrected chi connectivity index (χ4v) is 9.74. The molecule has 2 aromatic rings. The fourth-order valence-electron chi connectivity index (χ4n) is 8.38. The van der Waals surface area contributed by atoms with Gasteiger partial charge in [0.15, 0.2) is 0 Å². The molecule has 7 rings (SSSR count). The Hall–Kier alpha value is -4.41. The van der Waals surface area contributed by atoms with Crippen LogP contribution in [-0.4, -0.2) is 82.6 Å². The molecule has 2 saturated carbocycles. The van der Waals surface area contributed by atoms with Gasteiger partial charge in [-0.3, -0.25) is 19.1 Å². The topological polar surface area (TPSA) is 176 Å². The van der Waals surface area contributed by atoms with Gasteiger partial charge in [-0.05, 0) is 85.1 Å². The van der Waals surface area contributed by atoms with E-state index in [2.05, 4.69) is 25.7 Å². The Morgan fingerprint density at radius 3 is 2.50 bits per heavy atom. The first-order valence-electron chi connectivity index (χ1n) is 19.3. The summed E-state index contributed by atoms with van der Waals surface area (Å²) in [5.41, 5.74) is -3.64. The van der Waals surface area contributed by atoms with E-state index in [-0.39, 0.29) is 55.6 Å². The quantitative estimate of drug-likeness (QED) is 0.322. The van der Waals surface area contributed by atoms with E-state index in [0.29, 0.717) is 36.6 Å². The van der Waals surface area contributed by atoms with E-state index in [1.54, 1.807) is 33.8 Å². The molecular formula is C39H49F3N6O7S. The standard InChI is InChI=1S/C39H49F3N6O7S/c1-22-31-26(25-12-10-13-27(30(25)43-22)39(40,41)42)17-18-37(55-31)20-29-32(49)45-38(34(51)47-56(53,54)24-15-16-24)19-23(38)11-8-6-5-7-9-14-28(33(50)48(29)21-37)44-35(52)46-36(2,3)4/h8,10-13,23-24,28-29H,5-7,9,14-21H2,1-4H3,(H,45,49)(H,47,51)(H2,44,46,52)/b11-8-/t23-,28+,29+,37-,38-/m1/s1. The Bertz CT molecular complexity index is 2100. The first-order valence-corrected chi connectivity index (χ1v) is 20.9. The number of fused-ring (bicyclic) bond motifs is 5. The summed E-state index contributed by atoms with van der Waals surface area (Å²) in [7, 11) is -3.94. The Labute approximate surface area is 324 Å². The predicted molar refractivity (Wildman–Crippen MR) is 200 cm³/mol. The van der Waals surface area contributed by atoms with Crippen molar-refractivity contribution in [3.8, 4) is 5.75 Å². The zero-order valence-electron chi connectivity index (χ0n) is 32.0. The number of allylic oxidation sites excluding steroid dienone is 1. The average molecular weight is 803 g/mol. The van der Waals surface area contributed by atoms with Gasteiger partial charge in [0.1, 0.15) is 29.0 Å². The summed E-state index contributed by atoms with van der Waals surface area (Å²) in [6, 6.07) is 1.09. The molecule has 56 heavy (non-hydrogen) atoms. The molecule has 3 fully saturated rings. The molecule has 4 N–H and O–H groups in total. The number of para-hydroxylation sites is 1. The number of rotatable bonds is 4. The van der Waals surface area contributed by atoms with Crippen molar-refractivity contribution in [1.29, 1.82) is 0 Å². The highest BCUT2D eigenvalue weighted by atomic mass is 32.2. The SMILES string of the molecule is Cc1nc2c(C(F)(F)F)cccc2c2c1O[C@]1(CC2)C[C@H]2C(=O)N[C@]3(C(=O)NS(=O)(=O)C4CC4)C[C@H]3/C=C\CCCCC[C@H](NC(=O)NC(C)(C)C)C(=O)N2C1. The maximum Gasteiger partial charge on any atom is 0.418 e. The van der Waals surface area contributed by atoms with E-state index in [1.807, 2.05) is 12.2 Å². The number of hydrogen-bond donors (Lipinski definition) is 4. The van der Waals surface area contributed by atoms with Crippen molar-refractivity contribution in [1.82, 2.24) is 30.6 Å². The molecule has 0 bridgehead atoms. The van der Waals surface area contributed by atoms with Gasteiger partial charge in [0.2, 0.25) is 21.8 Å². The first kappa shape index (κ1) is 39.8. The summed E-state index contributed by atoms with van der Waals surface area (Å²) in [4.78, 5) is 61.9. The van der Waals surface area contributed by atoms with Gasteiger partial charge in [-0.1, -0.05) is 37.1 Å². The van der Waals surface area contributed by atoms with E-state index in [1.165, 1.54) is 11.0 Å². The first-order chi connectivity index (χ1) is 26.2. The highest BCUT2D eigenvalue weighted by Gasteiger charge is 2.63. The predicted octanol–water partition coefficient (Wildman–Crippen LogP) is 4.70. The maximum absolute atomic E-state index is 14.7.